The second kappa shape index (κ2) is 8.40. The summed E-state index contributed by atoms with van der Waals surface area (Å²) < 4.78 is 1.71. The number of nitrogens with one attached hydrogen (secondary N) is 2. The number of amides is 1. The number of aromatic nitrogens is 3. The Bertz CT molecular complexity index is 788. The van der Waals surface area contributed by atoms with Crippen LogP contribution in [0, 0.1) is 0 Å². The van der Waals surface area contributed by atoms with Crippen LogP contribution in [0.1, 0.15) is 24.5 Å². The van der Waals surface area contributed by atoms with Crippen LogP contribution in [0.3, 0.4) is 0 Å². The van der Waals surface area contributed by atoms with E-state index in [1.54, 1.807) is 4.68 Å². The number of carbonyl (C=O) groups excluding carboxylic acids is 1. The second-order valence-corrected chi connectivity index (χ2v) is 6.04. The summed E-state index contributed by atoms with van der Waals surface area (Å²) in [5.41, 5.74) is 1.77. The Morgan fingerprint density at radius 3 is 2.38 bits per heavy atom. The van der Waals surface area contributed by atoms with Gasteiger partial charge in [0, 0.05) is 18.2 Å². The van der Waals surface area contributed by atoms with E-state index in [4.69, 9.17) is 0 Å². The van der Waals surface area contributed by atoms with Gasteiger partial charge in [-0.05, 0) is 25.6 Å². The topological polar surface area (TPSA) is 71.8 Å². The Balaban J connectivity index is 1.91. The fraction of sp³-hybridized carbons (Fsp3) is 0.250. The first-order valence-corrected chi connectivity index (χ1v) is 8.78. The highest BCUT2D eigenvalue weighted by molar-refractivity contribution is 5.91. The monoisotopic (exact) mass is 349 g/mol. The molecule has 2 aromatic carbocycles. The number of likely N-dealkylation sites (N-methyl/N-ethyl adjacent to an activating group) is 1. The maximum Gasteiger partial charge on any atom is 0.291 e. The number of nitrogens with zero attached hydrogens (tertiary/aromatic N) is 3. The van der Waals surface area contributed by atoms with E-state index in [1.807, 2.05) is 74.5 Å². The fourth-order valence-electron chi connectivity index (χ4n) is 2.68. The summed E-state index contributed by atoms with van der Waals surface area (Å²) in [6.45, 7) is 5.44. The molecule has 6 heteroatoms. The summed E-state index contributed by atoms with van der Waals surface area (Å²) in [5, 5.41) is 10.6. The van der Waals surface area contributed by atoms with Crippen LogP contribution in [0.15, 0.2) is 60.7 Å². The first-order chi connectivity index (χ1) is 12.7. The zero-order valence-electron chi connectivity index (χ0n) is 15.0. The molecule has 0 spiro atoms. The minimum Gasteiger partial charge on any atom is -0.348 e. The lowest BCUT2D eigenvalue weighted by atomic mass is 10.2. The molecule has 0 aliphatic rings. The Morgan fingerprint density at radius 2 is 1.73 bits per heavy atom. The van der Waals surface area contributed by atoms with Gasteiger partial charge in [0.1, 0.15) is 0 Å². The van der Waals surface area contributed by atoms with Crippen molar-refractivity contribution in [2.24, 2.45) is 0 Å². The SMILES string of the molecule is CCN[C@H](C)CNC(=O)c1nc(-c2ccccc2)n(-c2ccccc2)n1. The molecule has 0 radical (unpaired) electrons. The zero-order valence-corrected chi connectivity index (χ0v) is 15.0. The molecule has 3 aromatic rings. The Hall–Kier alpha value is -2.99. The van der Waals surface area contributed by atoms with Crippen LogP contribution >= 0.6 is 0 Å². The molecule has 134 valence electrons. The molecule has 6 nitrogen and oxygen atoms in total. The van der Waals surface area contributed by atoms with E-state index in [2.05, 4.69) is 20.7 Å². The predicted octanol–water partition coefficient (Wildman–Crippen LogP) is 2.66. The summed E-state index contributed by atoms with van der Waals surface area (Å²) in [6.07, 6.45) is 0. The van der Waals surface area contributed by atoms with Crippen LogP contribution in [0.5, 0.6) is 0 Å². The average molecular weight is 349 g/mol. The number of benzene rings is 2. The first-order valence-electron chi connectivity index (χ1n) is 8.78. The number of para-hydroxylation sites is 1. The van der Waals surface area contributed by atoms with Gasteiger partial charge in [-0.3, -0.25) is 4.79 Å². The maximum atomic E-state index is 12.5. The summed E-state index contributed by atoms with van der Waals surface area (Å²) in [6, 6.07) is 19.6. The van der Waals surface area contributed by atoms with Gasteiger partial charge in [0.15, 0.2) is 5.82 Å². The maximum absolute atomic E-state index is 12.5. The summed E-state index contributed by atoms with van der Waals surface area (Å²) >= 11 is 0. The number of hydrogen-bond acceptors (Lipinski definition) is 4. The van der Waals surface area contributed by atoms with Gasteiger partial charge in [0.2, 0.25) is 5.82 Å². The minimum atomic E-state index is -0.276. The van der Waals surface area contributed by atoms with Crippen molar-refractivity contribution in [3.05, 3.63) is 66.5 Å². The largest absolute Gasteiger partial charge is 0.348 e. The zero-order chi connectivity index (χ0) is 18.4. The first kappa shape index (κ1) is 17.8. The van der Waals surface area contributed by atoms with Gasteiger partial charge < -0.3 is 10.6 Å². The fourth-order valence-corrected chi connectivity index (χ4v) is 2.68. The van der Waals surface area contributed by atoms with E-state index in [9.17, 15) is 4.79 Å². The van der Waals surface area contributed by atoms with Crippen molar-refractivity contribution in [3.8, 4) is 17.1 Å². The molecule has 0 aliphatic carbocycles. The van der Waals surface area contributed by atoms with Crippen molar-refractivity contribution in [1.29, 1.82) is 0 Å². The van der Waals surface area contributed by atoms with Crippen LogP contribution in [0.4, 0.5) is 0 Å². The van der Waals surface area contributed by atoms with E-state index < -0.39 is 0 Å². The lowest BCUT2D eigenvalue weighted by Crippen LogP contribution is -2.39. The summed E-state index contributed by atoms with van der Waals surface area (Å²) in [4.78, 5) is 17.0. The van der Waals surface area contributed by atoms with Crippen LogP contribution in [0.25, 0.3) is 17.1 Å². The quantitative estimate of drug-likeness (QED) is 0.688. The van der Waals surface area contributed by atoms with Crippen molar-refractivity contribution >= 4 is 5.91 Å². The van der Waals surface area contributed by atoms with Crippen LogP contribution in [-0.4, -0.2) is 39.8 Å². The van der Waals surface area contributed by atoms with Gasteiger partial charge in [0.25, 0.3) is 5.91 Å². The van der Waals surface area contributed by atoms with Crippen LogP contribution in [-0.2, 0) is 0 Å². The molecule has 0 aliphatic heterocycles. The summed E-state index contributed by atoms with van der Waals surface area (Å²) in [7, 11) is 0. The normalized spacial score (nSPS) is 11.9. The van der Waals surface area contributed by atoms with E-state index >= 15 is 0 Å². The Morgan fingerprint density at radius 1 is 1.08 bits per heavy atom. The third kappa shape index (κ3) is 4.15. The summed E-state index contributed by atoms with van der Waals surface area (Å²) in [5.74, 6) is 0.528. The van der Waals surface area contributed by atoms with E-state index in [-0.39, 0.29) is 17.8 Å². The molecular weight excluding hydrogens is 326 g/mol. The highest BCUT2D eigenvalue weighted by Crippen LogP contribution is 2.20. The smallest absolute Gasteiger partial charge is 0.291 e. The Labute approximate surface area is 153 Å². The molecule has 0 saturated carbocycles. The number of hydrogen-bond donors (Lipinski definition) is 2. The standard InChI is InChI=1S/C20H23N5O/c1-3-21-15(2)14-22-20(26)18-23-19(16-10-6-4-7-11-16)25(24-18)17-12-8-5-9-13-17/h4-13,15,21H,3,14H2,1-2H3,(H,22,26)/t15-/m1/s1. The highest BCUT2D eigenvalue weighted by atomic mass is 16.2. The van der Waals surface area contributed by atoms with Crippen molar-refractivity contribution < 1.29 is 4.79 Å². The molecule has 1 heterocycles. The molecule has 1 atom stereocenters. The van der Waals surface area contributed by atoms with Gasteiger partial charge in [0.05, 0.1) is 5.69 Å². The van der Waals surface area contributed by atoms with E-state index in [0.717, 1.165) is 17.8 Å². The van der Waals surface area contributed by atoms with Crippen LogP contribution < -0.4 is 10.6 Å². The van der Waals surface area contributed by atoms with Crippen molar-refractivity contribution in [2.75, 3.05) is 13.1 Å². The average Bonchev–Trinajstić information content (AvgIpc) is 3.13. The molecule has 0 saturated heterocycles. The molecule has 2 N–H and O–H groups in total. The highest BCUT2D eigenvalue weighted by Gasteiger charge is 2.18. The molecule has 0 fully saturated rings. The Kier molecular flexibility index (Phi) is 5.76. The number of carbonyl (C=O) groups is 1. The molecular formula is C20H23N5O. The van der Waals surface area contributed by atoms with E-state index in [1.165, 1.54) is 0 Å². The van der Waals surface area contributed by atoms with Crippen molar-refractivity contribution in [1.82, 2.24) is 25.4 Å². The van der Waals surface area contributed by atoms with Gasteiger partial charge in [-0.25, -0.2) is 9.67 Å². The van der Waals surface area contributed by atoms with Crippen molar-refractivity contribution in [2.45, 2.75) is 19.9 Å². The van der Waals surface area contributed by atoms with Crippen LogP contribution in [0.2, 0.25) is 0 Å². The molecule has 1 amide bonds. The molecule has 26 heavy (non-hydrogen) atoms. The van der Waals surface area contributed by atoms with Gasteiger partial charge in [-0.2, -0.15) is 0 Å². The molecule has 3 rings (SSSR count). The van der Waals surface area contributed by atoms with Gasteiger partial charge in [-0.15, -0.1) is 5.10 Å². The van der Waals surface area contributed by atoms with Gasteiger partial charge in [-0.1, -0.05) is 55.5 Å². The third-order valence-electron chi connectivity index (χ3n) is 3.96. The lowest BCUT2D eigenvalue weighted by Gasteiger charge is -2.11. The predicted molar refractivity (Wildman–Crippen MR) is 102 cm³/mol. The number of rotatable bonds is 7. The molecule has 0 unspecified atom stereocenters. The second-order valence-electron chi connectivity index (χ2n) is 6.04. The van der Waals surface area contributed by atoms with Gasteiger partial charge >= 0.3 is 0 Å². The lowest BCUT2D eigenvalue weighted by molar-refractivity contribution is 0.0940. The third-order valence-corrected chi connectivity index (χ3v) is 3.96. The molecule has 0 bridgehead atoms. The van der Waals surface area contributed by atoms with Crippen molar-refractivity contribution in [3.63, 3.8) is 0 Å². The van der Waals surface area contributed by atoms with E-state index in [0.29, 0.717) is 12.4 Å². The minimum absolute atomic E-state index is 0.163. The molecule has 1 aromatic heterocycles.